The van der Waals surface area contributed by atoms with Crippen LogP contribution in [0.15, 0.2) is 16.8 Å². The summed E-state index contributed by atoms with van der Waals surface area (Å²) in [4.78, 5) is 2.54. The number of nitrogens with zero attached hydrogens (tertiary/aromatic N) is 1. The van der Waals surface area contributed by atoms with Crippen molar-refractivity contribution in [2.45, 2.75) is 13.0 Å². The SMILES string of the molecule is CCN(CCO)C(C(N)=S)c1ccsc1. The second-order valence-electron chi connectivity index (χ2n) is 3.21. The van der Waals surface area contributed by atoms with Crippen LogP contribution < -0.4 is 5.73 Å². The van der Waals surface area contributed by atoms with Crippen LogP contribution in [-0.4, -0.2) is 34.7 Å². The molecule has 1 unspecified atom stereocenters. The van der Waals surface area contributed by atoms with Crippen molar-refractivity contribution in [3.63, 3.8) is 0 Å². The lowest BCUT2D eigenvalue weighted by Gasteiger charge is -2.28. The second-order valence-corrected chi connectivity index (χ2v) is 4.47. The molecule has 0 spiro atoms. The number of nitrogens with two attached hydrogens (primary N) is 1. The van der Waals surface area contributed by atoms with Crippen LogP contribution in [0.3, 0.4) is 0 Å². The number of thiophene rings is 1. The molecule has 1 aromatic heterocycles. The van der Waals surface area contributed by atoms with Crippen molar-refractivity contribution in [1.82, 2.24) is 4.90 Å². The Labute approximate surface area is 99.5 Å². The van der Waals surface area contributed by atoms with Crippen molar-refractivity contribution < 1.29 is 5.11 Å². The van der Waals surface area contributed by atoms with Crippen LogP contribution in [0.25, 0.3) is 0 Å². The van der Waals surface area contributed by atoms with Gasteiger partial charge in [0.25, 0.3) is 0 Å². The zero-order valence-electron chi connectivity index (χ0n) is 8.72. The minimum Gasteiger partial charge on any atom is -0.395 e. The minimum atomic E-state index is -0.0524. The molecule has 0 saturated heterocycles. The van der Waals surface area contributed by atoms with Gasteiger partial charge < -0.3 is 10.8 Å². The van der Waals surface area contributed by atoms with Gasteiger partial charge in [-0.25, -0.2) is 0 Å². The molecule has 5 heteroatoms. The number of thiocarbonyl (C=S) groups is 1. The number of hydrogen-bond donors (Lipinski definition) is 2. The van der Waals surface area contributed by atoms with Gasteiger partial charge in [0.05, 0.1) is 17.6 Å². The number of hydrogen-bond acceptors (Lipinski definition) is 4. The molecule has 0 aliphatic heterocycles. The fourth-order valence-electron chi connectivity index (χ4n) is 1.58. The fraction of sp³-hybridized carbons (Fsp3) is 0.500. The lowest BCUT2D eigenvalue weighted by molar-refractivity contribution is 0.185. The van der Waals surface area contributed by atoms with Crippen molar-refractivity contribution in [3.8, 4) is 0 Å². The van der Waals surface area contributed by atoms with Crippen LogP contribution in [0, 0.1) is 0 Å². The topological polar surface area (TPSA) is 49.5 Å². The van der Waals surface area contributed by atoms with Crippen LogP contribution in [0.1, 0.15) is 18.5 Å². The minimum absolute atomic E-state index is 0.0524. The summed E-state index contributed by atoms with van der Waals surface area (Å²) in [7, 11) is 0. The molecule has 1 aromatic rings. The summed E-state index contributed by atoms with van der Waals surface area (Å²) in [5.74, 6) is 0. The number of aliphatic hydroxyl groups excluding tert-OH is 1. The zero-order chi connectivity index (χ0) is 11.3. The van der Waals surface area contributed by atoms with Crippen LogP contribution in [-0.2, 0) is 0 Å². The van der Waals surface area contributed by atoms with E-state index in [1.807, 2.05) is 23.8 Å². The van der Waals surface area contributed by atoms with Crippen molar-refractivity contribution in [1.29, 1.82) is 0 Å². The highest BCUT2D eigenvalue weighted by Gasteiger charge is 2.21. The molecule has 3 nitrogen and oxygen atoms in total. The molecular weight excluding hydrogens is 228 g/mol. The maximum absolute atomic E-state index is 8.97. The van der Waals surface area contributed by atoms with Gasteiger partial charge in [-0.05, 0) is 28.9 Å². The quantitative estimate of drug-likeness (QED) is 0.743. The fourth-order valence-corrected chi connectivity index (χ4v) is 2.55. The lowest BCUT2D eigenvalue weighted by atomic mass is 10.1. The summed E-state index contributed by atoms with van der Waals surface area (Å²) in [6.45, 7) is 3.57. The molecule has 0 aliphatic rings. The van der Waals surface area contributed by atoms with Gasteiger partial charge in [-0.15, -0.1) is 0 Å². The summed E-state index contributed by atoms with van der Waals surface area (Å²) >= 11 is 6.71. The molecule has 0 amide bonds. The summed E-state index contributed by atoms with van der Waals surface area (Å²) in [6.07, 6.45) is 0. The Morgan fingerprint density at radius 3 is 2.87 bits per heavy atom. The Morgan fingerprint density at radius 1 is 1.73 bits per heavy atom. The van der Waals surface area contributed by atoms with E-state index in [9.17, 15) is 0 Å². The van der Waals surface area contributed by atoms with E-state index in [1.165, 1.54) is 0 Å². The summed E-state index contributed by atoms with van der Waals surface area (Å²) in [5, 5.41) is 13.0. The van der Waals surface area contributed by atoms with E-state index in [4.69, 9.17) is 23.1 Å². The van der Waals surface area contributed by atoms with E-state index in [0.717, 1.165) is 12.1 Å². The molecule has 0 saturated carbocycles. The Morgan fingerprint density at radius 2 is 2.47 bits per heavy atom. The molecule has 0 bridgehead atoms. The number of rotatable bonds is 6. The van der Waals surface area contributed by atoms with Crippen molar-refractivity contribution in [2.24, 2.45) is 5.73 Å². The Hall–Kier alpha value is -0.490. The Balaban J connectivity index is 2.86. The molecule has 0 fully saturated rings. The largest absolute Gasteiger partial charge is 0.395 e. The van der Waals surface area contributed by atoms with Gasteiger partial charge in [-0.1, -0.05) is 19.1 Å². The van der Waals surface area contributed by atoms with Gasteiger partial charge in [-0.3, -0.25) is 4.90 Å². The first kappa shape index (κ1) is 12.6. The van der Waals surface area contributed by atoms with Crippen molar-refractivity contribution in [3.05, 3.63) is 22.4 Å². The predicted octanol–water partition coefficient (Wildman–Crippen LogP) is 1.39. The van der Waals surface area contributed by atoms with E-state index in [0.29, 0.717) is 11.5 Å². The monoisotopic (exact) mass is 244 g/mol. The predicted molar refractivity (Wildman–Crippen MR) is 68.2 cm³/mol. The van der Waals surface area contributed by atoms with Crippen LogP contribution in [0.5, 0.6) is 0 Å². The van der Waals surface area contributed by atoms with E-state index in [-0.39, 0.29) is 12.6 Å². The van der Waals surface area contributed by atoms with E-state index in [2.05, 4.69) is 4.90 Å². The average molecular weight is 244 g/mol. The summed E-state index contributed by atoms with van der Waals surface area (Å²) in [6, 6.07) is 1.97. The molecular formula is C10H16N2OS2. The molecule has 0 aliphatic carbocycles. The normalized spacial score (nSPS) is 13.0. The first-order chi connectivity index (χ1) is 7.20. The van der Waals surface area contributed by atoms with Gasteiger partial charge in [0.15, 0.2) is 0 Å². The smallest absolute Gasteiger partial charge is 0.0948 e. The van der Waals surface area contributed by atoms with Crippen LogP contribution in [0.4, 0.5) is 0 Å². The first-order valence-electron chi connectivity index (χ1n) is 4.87. The third-order valence-corrected chi connectivity index (χ3v) is 3.21. The number of aliphatic hydroxyl groups is 1. The van der Waals surface area contributed by atoms with Gasteiger partial charge in [-0.2, -0.15) is 11.3 Å². The highest BCUT2D eigenvalue weighted by molar-refractivity contribution is 7.80. The Kier molecular flexibility index (Phi) is 5.17. The molecule has 0 aromatic carbocycles. The number of likely N-dealkylation sites (N-methyl/N-ethyl adjacent to an activating group) is 1. The standard InChI is InChI=1S/C10H16N2OS2/c1-2-12(4-5-13)9(10(11)14)8-3-6-15-7-8/h3,6-7,9,13H,2,4-5H2,1H3,(H2,11,14). The highest BCUT2D eigenvalue weighted by Crippen LogP contribution is 2.22. The lowest BCUT2D eigenvalue weighted by Crippen LogP contribution is -2.38. The Bertz CT molecular complexity index is 300. The summed E-state index contributed by atoms with van der Waals surface area (Å²) < 4.78 is 0. The van der Waals surface area contributed by atoms with E-state index >= 15 is 0 Å². The molecule has 1 rings (SSSR count). The maximum atomic E-state index is 8.97. The molecule has 1 atom stereocenters. The molecule has 15 heavy (non-hydrogen) atoms. The van der Waals surface area contributed by atoms with Gasteiger partial charge in [0.1, 0.15) is 0 Å². The second kappa shape index (κ2) is 6.17. The van der Waals surface area contributed by atoms with Gasteiger partial charge >= 0.3 is 0 Å². The van der Waals surface area contributed by atoms with Crippen LogP contribution in [0.2, 0.25) is 0 Å². The maximum Gasteiger partial charge on any atom is 0.0948 e. The van der Waals surface area contributed by atoms with Gasteiger partial charge in [0, 0.05) is 6.54 Å². The third kappa shape index (κ3) is 3.24. The van der Waals surface area contributed by atoms with Gasteiger partial charge in [0.2, 0.25) is 0 Å². The molecule has 1 heterocycles. The highest BCUT2D eigenvalue weighted by atomic mass is 32.1. The average Bonchev–Trinajstić information content (AvgIpc) is 2.69. The molecule has 84 valence electrons. The van der Waals surface area contributed by atoms with Crippen LogP contribution >= 0.6 is 23.6 Å². The third-order valence-electron chi connectivity index (χ3n) is 2.29. The van der Waals surface area contributed by atoms with Crippen molar-refractivity contribution in [2.75, 3.05) is 19.7 Å². The molecule has 3 N–H and O–H groups in total. The van der Waals surface area contributed by atoms with E-state index in [1.54, 1.807) is 11.3 Å². The van der Waals surface area contributed by atoms with E-state index < -0.39 is 0 Å². The zero-order valence-corrected chi connectivity index (χ0v) is 10.4. The molecule has 0 radical (unpaired) electrons. The summed E-state index contributed by atoms with van der Waals surface area (Å²) in [5.41, 5.74) is 6.86. The van der Waals surface area contributed by atoms with Crippen molar-refractivity contribution >= 4 is 28.5 Å². The first-order valence-corrected chi connectivity index (χ1v) is 6.22.